The number of nitrogens with zero attached hydrogens (tertiary/aromatic N) is 4. The maximum atomic E-state index is 13.8. The van der Waals surface area contributed by atoms with Gasteiger partial charge in [-0.2, -0.15) is 0 Å². The lowest BCUT2D eigenvalue weighted by Crippen LogP contribution is -2.68. The molecular formula is C23H20Br2N4O3S. The molecule has 33 heavy (non-hydrogen) atoms. The molecule has 2 aromatic carbocycles. The number of alkyl halides is 2. The quantitative estimate of drug-likeness (QED) is 0.244. The number of carbonyl (C=O) groups excluding carboxylic acids is 2. The zero-order valence-corrected chi connectivity index (χ0v) is 21.5. The minimum Gasteiger partial charge on any atom is -0.451 e. The van der Waals surface area contributed by atoms with E-state index in [1.165, 1.54) is 0 Å². The molecule has 3 heterocycles. The molecule has 2 saturated heterocycles. The zero-order chi connectivity index (χ0) is 23.2. The summed E-state index contributed by atoms with van der Waals surface area (Å²) in [5.74, 6) is -0.644. The summed E-state index contributed by atoms with van der Waals surface area (Å²) in [4.78, 5) is 28.4. The Morgan fingerprint density at radius 3 is 2.27 bits per heavy atom. The first-order chi connectivity index (χ1) is 15.8. The van der Waals surface area contributed by atoms with Crippen molar-refractivity contribution < 1.29 is 14.3 Å². The molecule has 0 saturated carbocycles. The molecule has 2 fully saturated rings. The molecule has 1 aromatic heterocycles. The van der Waals surface area contributed by atoms with Crippen molar-refractivity contribution >= 4 is 55.5 Å². The van der Waals surface area contributed by atoms with Crippen molar-refractivity contribution in [3.8, 4) is 0 Å². The van der Waals surface area contributed by atoms with Gasteiger partial charge in [-0.25, -0.2) is 4.79 Å². The van der Waals surface area contributed by atoms with E-state index in [-0.39, 0.29) is 11.3 Å². The fourth-order valence-electron chi connectivity index (χ4n) is 4.38. The number of amides is 1. The van der Waals surface area contributed by atoms with E-state index in [1.807, 2.05) is 67.6 Å². The van der Waals surface area contributed by atoms with Crippen LogP contribution in [0.4, 0.5) is 0 Å². The minimum atomic E-state index is -0.901. The van der Waals surface area contributed by atoms with E-state index in [1.54, 1.807) is 33.7 Å². The number of ether oxygens (including phenoxy) is 1. The van der Waals surface area contributed by atoms with Gasteiger partial charge in [-0.1, -0.05) is 97.7 Å². The highest BCUT2D eigenvalue weighted by Crippen LogP contribution is 2.61. The van der Waals surface area contributed by atoms with Gasteiger partial charge < -0.3 is 9.64 Å². The maximum Gasteiger partial charge on any atom is 0.331 e. The Bertz CT molecular complexity index is 1120. The number of hydrogen-bond acceptors (Lipinski definition) is 6. The number of fused-ring (bicyclic) bond motifs is 1. The van der Waals surface area contributed by atoms with Crippen LogP contribution in [-0.4, -0.2) is 51.2 Å². The standard InChI is InChI=1S/C23H20Br2N4O3S/c1-22(14-28-13-12-26-27-28)18(29-20(31)23(24,25)21(29)33-22)19(30)32-17(15-8-4-2-5-9-15)16-10-6-3-7-11-16/h2-13,17-18,21H,14H2,1H3/t18-,21+,22-/m0/s1. The van der Waals surface area contributed by atoms with E-state index in [9.17, 15) is 9.59 Å². The van der Waals surface area contributed by atoms with Gasteiger partial charge in [-0.15, -0.1) is 16.9 Å². The summed E-state index contributed by atoms with van der Waals surface area (Å²) in [6, 6.07) is 18.4. The molecule has 0 radical (unpaired) electrons. The lowest BCUT2D eigenvalue weighted by molar-refractivity contribution is -0.164. The summed E-state index contributed by atoms with van der Waals surface area (Å²) in [6.07, 6.45) is 2.75. The molecule has 0 N–H and O–H groups in total. The average molecular weight is 592 g/mol. The molecule has 7 nitrogen and oxygen atoms in total. The Kier molecular flexibility index (Phi) is 5.86. The lowest BCUT2D eigenvalue weighted by atomic mass is 9.95. The third kappa shape index (κ3) is 3.91. The highest BCUT2D eigenvalue weighted by atomic mass is 79.9. The smallest absolute Gasteiger partial charge is 0.331 e. The second-order valence-electron chi connectivity index (χ2n) is 8.26. The zero-order valence-electron chi connectivity index (χ0n) is 17.5. The first-order valence-electron chi connectivity index (χ1n) is 10.3. The number of esters is 1. The number of halogens is 2. The average Bonchev–Trinajstić information content (AvgIpc) is 3.43. The Morgan fingerprint density at radius 1 is 1.12 bits per heavy atom. The third-order valence-electron chi connectivity index (χ3n) is 5.93. The van der Waals surface area contributed by atoms with Crippen LogP contribution in [-0.2, 0) is 20.9 Å². The molecule has 0 spiro atoms. The van der Waals surface area contributed by atoms with Crippen LogP contribution in [0.5, 0.6) is 0 Å². The van der Waals surface area contributed by atoms with E-state index in [2.05, 4.69) is 42.2 Å². The predicted molar refractivity (Wildman–Crippen MR) is 132 cm³/mol. The number of β-lactam (4-membered cyclic amide) rings is 1. The van der Waals surface area contributed by atoms with Gasteiger partial charge in [-0.05, 0) is 18.1 Å². The van der Waals surface area contributed by atoms with Gasteiger partial charge >= 0.3 is 5.97 Å². The van der Waals surface area contributed by atoms with Crippen LogP contribution in [0.2, 0.25) is 0 Å². The fraction of sp³-hybridized carbons (Fsp3) is 0.304. The van der Waals surface area contributed by atoms with Crippen LogP contribution < -0.4 is 0 Å². The first kappa shape index (κ1) is 22.6. The molecule has 10 heteroatoms. The second-order valence-corrected chi connectivity index (χ2v) is 13.4. The Balaban J connectivity index is 1.49. The minimum absolute atomic E-state index is 0.194. The summed E-state index contributed by atoms with van der Waals surface area (Å²) in [5.41, 5.74) is 1.73. The number of carbonyl (C=O) groups is 2. The van der Waals surface area contributed by atoms with Crippen LogP contribution in [0.3, 0.4) is 0 Å². The molecule has 0 aliphatic carbocycles. The topological polar surface area (TPSA) is 77.3 Å². The van der Waals surface area contributed by atoms with E-state index in [0.717, 1.165) is 11.1 Å². The SMILES string of the molecule is C[C@@]1(Cn2ccnn2)S[C@H]2N(C(=O)C2(Br)Br)[C@H]1C(=O)OC(c1ccccc1)c1ccccc1. The van der Waals surface area contributed by atoms with Crippen LogP contribution in [0.15, 0.2) is 73.1 Å². The van der Waals surface area contributed by atoms with E-state index in [4.69, 9.17) is 4.74 Å². The van der Waals surface area contributed by atoms with Gasteiger partial charge in [0.1, 0.15) is 11.4 Å². The van der Waals surface area contributed by atoms with Gasteiger partial charge in [0, 0.05) is 6.20 Å². The molecule has 5 rings (SSSR count). The van der Waals surface area contributed by atoms with Crippen LogP contribution >= 0.6 is 43.6 Å². The summed E-state index contributed by atoms with van der Waals surface area (Å²) in [6.45, 7) is 2.36. The Labute approximate surface area is 212 Å². The molecular weight excluding hydrogens is 572 g/mol. The third-order valence-corrected chi connectivity index (χ3v) is 9.78. The van der Waals surface area contributed by atoms with Crippen LogP contribution in [0.1, 0.15) is 24.2 Å². The number of aromatic nitrogens is 3. The molecule has 2 aliphatic heterocycles. The second kappa shape index (κ2) is 8.56. The van der Waals surface area contributed by atoms with Crippen molar-refractivity contribution in [1.82, 2.24) is 19.9 Å². The van der Waals surface area contributed by atoms with Crippen molar-refractivity contribution in [3.63, 3.8) is 0 Å². The van der Waals surface area contributed by atoms with Crippen molar-refractivity contribution in [2.24, 2.45) is 0 Å². The molecule has 1 amide bonds. The van der Waals surface area contributed by atoms with Crippen molar-refractivity contribution in [2.45, 2.75) is 39.0 Å². The number of thioether (sulfide) groups is 1. The lowest BCUT2D eigenvalue weighted by Gasteiger charge is -2.46. The van der Waals surface area contributed by atoms with E-state index >= 15 is 0 Å². The normalized spacial score (nSPS) is 25.6. The van der Waals surface area contributed by atoms with Gasteiger partial charge in [0.15, 0.2) is 9.34 Å². The fourth-order valence-corrected chi connectivity index (χ4v) is 7.43. The van der Waals surface area contributed by atoms with Crippen molar-refractivity contribution in [3.05, 3.63) is 84.2 Å². The van der Waals surface area contributed by atoms with Gasteiger partial charge in [0.25, 0.3) is 5.91 Å². The largest absolute Gasteiger partial charge is 0.451 e. The summed E-state index contributed by atoms with van der Waals surface area (Å²) >= 11 is 8.52. The highest BCUT2D eigenvalue weighted by Gasteiger charge is 2.71. The van der Waals surface area contributed by atoms with Crippen LogP contribution in [0, 0.1) is 0 Å². The Morgan fingerprint density at radius 2 is 1.73 bits per heavy atom. The molecule has 2 aliphatic rings. The summed E-state index contributed by atoms with van der Waals surface area (Å²) in [7, 11) is 0. The van der Waals surface area contributed by atoms with Gasteiger partial charge in [0.2, 0.25) is 0 Å². The van der Waals surface area contributed by atoms with Crippen molar-refractivity contribution in [1.29, 1.82) is 0 Å². The summed E-state index contributed by atoms with van der Waals surface area (Å²) < 4.78 is 6.27. The van der Waals surface area contributed by atoms with Gasteiger partial charge in [0.05, 0.1) is 17.5 Å². The number of rotatable bonds is 6. The van der Waals surface area contributed by atoms with E-state index in [0.29, 0.717) is 6.54 Å². The number of hydrogen-bond donors (Lipinski definition) is 0. The number of benzene rings is 2. The first-order valence-corrected chi connectivity index (χ1v) is 12.8. The van der Waals surface area contributed by atoms with E-state index < -0.39 is 26.1 Å². The summed E-state index contributed by atoms with van der Waals surface area (Å²) in [5, 5.41) is 7.69. The molecule has 170 valence electrons. The Hall–Kier alpha value is -2.17. The van der Waals surface area contributed by atoms with Gasteiger partial charge in [-0.3, -0.25) is 9.48 Å². The highest BCUT2D eigenvalue weighted by molar-refractivity contribution is 9.26. The van der Waals surface area contributed by atoms with Crippen LogP contribution in [0.25, 0.3) is 0 Å². The maximum absolute atomic E-state index is 13.8. The molecule has 0 unspecified atom stereocenters. The molecule has 0 bridgehead atoms. The predicted octanol–water partition coefficient (Wildman–Crippen LogP) is 4.14. The van der Waals surface area contributed by atoms with Crippen molar-refractivity contribution in [2.75, 3.05) is 0 Å². The molecule has 3 aromatic rings. The molecule has 3 atom stereocenters. The monoisotopic (exact) mass is 590 g/mol.